The molecule has 0 radical (unpaired) electrons. The minimum absolute atomic E-state index is 0.268. The van der Waals surface area contributed by atoms with Crippen LogP contribution in [0.15, 0.2) is 18.2 Å². The molecular weight excluding hydrogens is 260 g/mol. The molecular formula is C17H26N4. The van der Waals surface area contributed by atoms with Gasteiger partial charge >= 0.3 is 0 Å². The molecule has 2 rings (SSSR count). The van der Waals surface area contributed by atoms with Crippen molar-refractivity contribution >= 4 is 0 Å². The van der Waals surface area contributed by atoms with Crippen molar-refractivity contribution in [3.63, 3.8) is 0 Å². The van der Waals surface area contributed by atoms with E-state index in [-0.39, 0.29) is 6.04 Å². The summed E-state index contributed by atoms with van der Waals surface area (Å²) in [5.74, 6) is 0. The Kier molecular flexibility index (Phi) is 5.12. The van der Waals surface area contributed by atoms with Gasteiger partial charge in [-0.25, -0.2) is 0 Å². The lowest BCUT2D eigenvalue weighted by molar-refractivity contribution is 0.537. The Bertz CT molecular complexity index is 601. The number of nitrogens with zero attached hydrogens (tertiary/aromatic N) is 3. The number of pyridine rings is 1. The van der Waals surface area contributed by atoms with Crippen molar-refractivity contribution in [1.29, 1.82) is 0 Å². The maximum absolute atomic E-state index is 4.64. The summed E-state index contributed by atoms with van der Waals surface area (Å²) < 4.78 is 2.11. The van der Waals surface area contributed by atoms with Crippen molar-refractivity contribution in [1.82, 2.24) is 20.1 Å². The first-order chi connectivity index (χ1) is 10.1. The van der Waals surface area contributed by atoms with Gasteiger partial charge in [-0.15, -0.1) is 0 Å². The molecule has 0 saturated heterocycles. The summed E-state index contributed by atoms with van der Waals surface area (Å²) in [5.41, 5.74) is 5.89. The van der Waals surface area contributed by atoms with Gasteiger partial charge in [-0.1, -0.05) is 13.0 Å². The highest BCUT2D eigenvalue weighted by Crippen LogP contribution is 2.21. The number of hydrogen-bond donors (Lipinski definition) is 1. The van der Waals surface area contributed by atoms with Crippen LogP contribution in [0.1, 0.15) is 48.2 Å². The number of nitrogens with one attached hydrogen (secondary N) is 1. The normalized spacial score (nSPS) is 12.6. The van der Waals surface area contributed by atoms with Crippen LogP contribution in [0.5, 0.6) is 0 Å². The van der Waals surface area contributed by atoms with Crippen molar-refractivity contribution in [2.75, 3.05) is 7.05 Å². The van der Waals surface area contributed by atoms with E-state index in [0.717, 1.165) is 30.8 Å². The summed E-state index contributed by atoms with van der Waals surface area (Å²) in [6.07, 6.45) is 1.91. The van der Waals surface area contributed by atoms with E-state index in [9.17, 15) is 0 Å². The van der Waals surface area contributed by atoms with Gasteiger partial charge in [0, 0.05) is 36.1 Å². The second-order valence-corrected chi connectivity index (χ2v) is 5.47. The molecule has 21 heavy (non-hydrogen) atoms. The van der Waals surface area contributed by atoms with Crippen LogP contribution in [0.3, 0.4) is 0 Å². The van der Waals surface area contributed by atoms with Gasteiger partial charge in [-0.2, -0.15) is 5.10 Å². The third-order valence-electron chi connectivity index (χ3n) is 3.98. The third-order valence-corrected chi connectivity index (χ3v) is 3.98. The highest BCUT2D eigenvalue weighted by molar-refractivity contribution is 5.27. The zero-order valence-corrected chi connectivity index (χ0v) is 13.8. The van der Waals surface area contributed by atoms with Gasteiger partial charge in [-0.05, 0) is 51.9 Å². The fourth-order valence-corrected chi connectivity index (χ4v) is 2.77. The minimum Gasteiger partial charge on any atom is -0.313 e. The van der Waals surface area contributed by atoms with Crippen LogP contribution in [0.2, 0.25) is 0 Å². The molecule has 4 heteroatoms. The largest absolute Gasteiger partial charge is 0.313 e. The summed E-state index contributed by atoms with van der Waals surface area (Å²) in [6, 6.07) is 6.77. The van der Waals surface area contributed by atoms with Crippen molar-refractivity contribution in [2.24, 2.45) is 0 Å². The van der Waals surface area contributed by atoms with Crippen molar-refractivity contribution < 1.29 is 0 Å². The van der Waals surface area contributed by atoms with E-state index in [1.807, 2.05) is 14.0 Å². The van der Waals surface area contributed by atoms with Gasteiger partial charge in [-0.3, -0.25) is 9.67 Å². The van der Waals surface area contributed by atoms with Gasteiger partial charge in [0.2, 0.25) is 0 Å². The zero-order valence-electron chi connectivity index (χ0n) is 13.8. The SMILES string of the molecule is CCc1cc(CC(NC)c2ccc(C)nc2C)n(CC)n1. The Morgan fingerprint density at radius 1 is 1.24 bits per heavy atom. The van der Waals surface area contributed by atoms with E-state index >= 15 is 0 Å². The fourth-order valence-electron chi connectivity index (χ4n) is 2.77. The molecule has 1 atom stereocenters. The standard InChI is InChI=1S/C17H26N4/c1-6-14-10-15(21(7-2)20-14)11-17(18-5)16-9-8-12(3)19-13(16)4/h8-10,17-18H,6-7,11H2,1-5H3. The second-order valence-electron chi connectivity index (χ2n) is 5.47. The van der Waals surface area contributed by atoms with Gasteiger partial charge in [0.25, 0.3) is 0 Å². The van der Waals surface area contributed by atoms with Crippen LogP contribution >= 0.6 is 0 Å². The van der Waals surface area contributed by atoms with E-state index in [1.54, 1.807) is 0 Å². The van der Waals surface area contributed by atoms with Crippen LogP contribution in [-0.4, -0.2) is 21.8 Å². The van der Waals surface area contributed by atoms with E-state index in [0.29, 0.717) is 0 Å². The van der Waals surface area contributed by atoms with E-state index in [4.69, 9.17) is 0 Å². The van der Waals surface area contributed by atoms with Crippen LogP contribution in [0, 0.1) is 13.8 Å². The smallest absolute Gasteiger partial charge is 0.0624 e. The Hall–Kier alpha value is -1.68. The summed E-state index contributed by atoms with van der Waals surface area (Å²) in [5, 5.41) is 8.06. The van der Waals surface area contributed by atoms with Crippen molar-refractivity contribution in [3.8, 4) is 0 Å². The van der Waals surface area contributed by atoms with E-state index in [2.05, 4.69) is 59.1 Å². The van der Waals surface area contributed by atoms with Crippen molar-refractivity contribution in [3.05, 3.63) is 46.5 Å². The molecule has 0 spiro atoms. The Labute approximate surface area is 127 Å². The second kappa shape index (κ2) is 6.85. The lowest BCUT2D eigenvalue weighted by Gasteiger charge is -2.19. The maximum Gasteiger partial charge on any atom is 0.0624 e. The number of hydrogen-bond acceptors (Lipinski definition) is 3. The number of aryl methyl sites for hydroxylation is 4. The average Bonchev–Trinajstić information content (AvgIpc) is 2.87. The Morgan fingerprint density at radius 2 is 2.00 bits per heavy atom. The third kappa shape index (κ3) is 3.50. The molecule has 0 bridgehead atoms. The highest BCUT2D eigenvalue weighted by Gasteiger charge is 2.16. The quantitative estimate of drug-likeness (QED) is 0.887. The van der Waals surface area contributed by atoms with Gasteiger partial charge < -0.3 is 5.32 Å². The van der Waals surface area contributed by atoms with Crippen LogP contribution in [0.25, 0.3) is 0 Å². The predicted molar refractivity (Wildman–Crippen MR) is 86.5 cm³/mol. The molecule has 1 N–H and O–H groups in total. The summed E-state index contributed by atoms with van der Waals surface area (Å²) in [7, 11) is 2.01. The molecule has 2 aromatic rings. The first-order valence-electron chi connectivity index (χ1n) is 7.76. The van der Waals surface area contributed by atoms with Gasteiger partial charge in [0.05, 0.1) is 5.69 Å². The molecule has 0 aliphatic rings. The fraction of sp³-hybridized carbons (Fsp3) is 0.529. The summed E-state index contributed by atoms with van der Waals surface area (Å²) in [6.45, 7) is 9.32. The maximum atomic E-state index is 4.64. The lowest BCUT2D eigenvalue weighted by atomic mass is 10.00. The van der Waals surface area contributed by atoms with E-state index < -0.39 is 0 Å². The molecule has 0 saturated carbocycles. The Morgan fingerprint density at radius 3 is 2.57 bits per heavy atom. The van der Waals surface area contributed by atoms with Gasteiger partial charge in [0.1, 0.15) is 0 Å². The van der Waals surface area contributed by atoms with E-state index in [1.165, 1.54) is 17.0 Å². The predicted octanol–water partition coefficient (Wildman–Crippen LogP) is 2.98. The Balaban J connectivity index is 2.28. The number of rotatable bonds is 6. The molecule has 114 valence electrons. The summed E-state index contributed by atoms with van der Waals surface area (Å²) >= 11 is 0. The molecule has 2 heterocycles. The molecule has 0 aliphatic heterocycles. The van der Waals surface area contributed by atoms with Gasteiger partial charge in [0.15, 0.2) is 0 Å². The average molecular weight is 286 g/mol. The topological polar surface area (TPSA) is 42.7 Å². The lowest BCUT2D eigenvalue weighted by Crippen LogP contribution is -2.22. The zero-order chi connectivity index (χ0) is 15.4. The highest BCUT2D eigenvalue weighted by atomic mass is 15.3. The van der Waals surface area contributed by atoms with Crippen molar-refractivity contribution in [2.45, 2.75) is 53.1 Å². The summed E-state index contributed by atoms with van der Waals surface area (Å²) in [4.78, 5) is 4.59. The van der Waals surface area contributed by atoms with Crippen LogP contribution in [0.4, 0.5) is 0 Å². The first kappa shape index (κ1) is 15.7. The number of aromatic nitrogens is 3. The molecule has 0 amide bonds. The molecule has 0 fully saturated rings. The van der Waals surface area contributed by atoms with Crippen LogP contribution in [-0.2, 0) is 19.4 Å². The monoisotopic (exact) mass is 286 g/mol. The molecule has 1 unspecified atom stereocenters. The first-order valence-corrected chi connectivity index (χ1v) is 7.76. The molecule has 0 aromatic carbocycles. The molecule has 2 aromatic heterocycles. The molecule has 4 nitrogen and oxygen atoms in total. The number of likely N-dealkylation sites (N-methyl/N-ethyl adjacent to an activating group) is 1. The minimum atomic E-state index is 0.268. The molecule has 0 aliphatic carbocycles. The van der Waals surface area contributed by atoms with Crippen LogP contribution < -0.4 is 5.32 Å².